The van der Waals surface area contributed by atoms with Crippen LogP contribution in [-0.4, -0.2) is 23.7 Å². The van der Waals surface area contributed by atoms with Gasteiger partial charge in [-0.05, 0) is 24.8 Å². The highest BCUT2D eigenvalue weighted by Gasteiger charge is 2.30. The Labute approximate surface area is 117 Å². The quantitative estimate of drug-likeness (QED) is 0.769. The Morgan fingerprint density at radius 1 is 1.30 bits per heavy atom. The number of carbonyl (C=O) groups excluding carboxylic acids is 1. The third kappa shape index (κ3) is 4.01. The lowest BCUT2D eigenvalue weighted by atomic mass is 9.79. The second-order valence-electron chi connectivity index (χ2n) is 5.18. The molecular weight excluding hydrogens is 260 g/mol. The Balaban J connectivity index is 1.72. The molecule has 1 fully saturated rings. The summed E-state index contributed by atoms with van der Waals surface area (Å²) in [5, 5.41) is 14.6. The zero-order chi connectivity index (χ0) is 14.4. The fraction of sp³-hybridized carbons (Fsp3) is 0.571. The van der Waals surface area contributed by atoms with Crippen molar-refractivity contribution >= 4 is 12.0 Å². The molecule has 110 valence electrons. The van der Waals surface area contributed by atoms with E-state index in [4.69, 9.17) is 9.52 Å². The number of amides is 2. The Morgan fingerprint density at radius 3 is 2.80 bits per heavy atom. The molecule has 0 aliphatic heterocycles. The van der Waals surface area contributed by atoms with E-state index < -0.39 is 5.97 Å². The van der Waals surface area contributed by atoms with Gasteiger partial charge in [0.25, 0.3) is 0 Å². The minimum absolute atomic E-state index is 0.0286. The van der Waals surface area contributed by atoms with E-state index in [2.05, 4.69) is 10.6 Å². The van der Waals surface area contributed by atoms with Gasteiger partial charge in [-0.3, -0.25) is 4.79 Å². The van der Waals surface area contributed by atoms with Crippen LogP contribution in [0.25, 0.3) is 0 Å². The van der Waals surface area contributed by atoms with Crippen molar-refractivity contribution in [1.29, 1.82) is 0 Å². The zero-order valence-corrected chi connectivity index (χ0v) is 11.3. The number of carbonyl (C=O) groups is 2. The lowest BCUT2D eigenvalue weighted by molar-refractivity contribution is -0.144. The molecule has 0 saturated heterocycles. The summed E-state index contributed by atoms with van der Waals surface area (Å²) < 4.78 is 4.91. The molecule has 0 aromatic carbocycles. The molecular formula is C14H20N2O4. The van der Waals surface area contributed by atoms with Gasteiger partial charge in [0.15, 0.2) is 0 Å². The molecule has 0 radical (unpaired) electrons. The van der Waals surface area contributed by atoms with E-state index in [0.29, 0.717) is 19.5 Å². The van der Waals surface area contributed by atoms with Crippen LogP contribution in [0.1, 0.15) is 31.2 Å². The molecule has 3 N–H and O–H groups in total. The second-order valence-corrected chi connectivity index (χ2v) is 5.18. The van der Waals surface area contributed by atoms with E-state index in [1.54, 1.807) is 18.6 Å². The molecule has 2 rings (SSSR count). The minimum atomic E-state index is -0.754. The topological polar surface area (TPSA) is 91.6 Å². The van der Waals surface area contributed by atoms with E-state index in [1.165, 1.54) is 0 Å². The second kappa shape index (κ2) is 6.98. The van der Waals surface area contributed by atoms with E-state index in [0.717, 1.165) is 24.8 Å². The van der Waals surface area contributed by atoms with Gasteiger partial charge in [-0.2, -0.15) is 0 Å². The first-order valence-corrected chi connectivity index (χ1v) is 6.92. The van der Waals surface area contributed by atoms with Crippen molar-refractivity contribution in [3.05, 3.63) is 24.2 Å². The highest BCUT2D eigenvalue weighted by molar-refractivity contribution is 5.74. The number of carboxylic acids is 1. The van der Waals surface area contributed by atoms with Crippen molar-refractivity contribution < 1.29 is 19.1 Å². The van der Waals surface area contributed by atoms with Gasteiger partial charge >= 0.3 is 12.0 Å². The van der Waals surface area contributed by atoms with Crippen LogP contribution in [0.4, 0.5) is 4.79 Å². The number of hydrogen-bond donors (Lipinski definition) is 3. The predicted octanol–water partition coefficient (Wildman–Crippen LogP) is 1.97. The molecule has 2 unspecified atom stereocenters. The summed E-state index contributed by atoms with van der Waals surface area (Å²) in [6.45, 7) is 0.809. The first kappa shape index (κ1) is 14.4. The number of aliphatic carboxylic acids is 1. The summed E-state index contributed by atoms with van der Waals surface area (Å²) in [6, 6.07) is 1.50. The molecule has 2 amide bonds. The minimum Gasteiger partial charge on any atom is -0.481 e. The Bertz CT molecular complexity index is 444. The van der Waals surface area contributed by atoms with Crippen LogP contribution in [0.15, 0.2) is 23.0 Å². The van der Waals surface area contributed by atoms with E-state index >= 15 is 0 Å². The van der Waals surface area contributed by atoms with Crippen molar-refractivity contribution in [2.24, 2.45) is 11.8 Å². The Kier molecular flexibility index (Phi) is 5.03. The number of urea groups is 1. The number of hydrogen-bond acceptors (Lipinski definition) is 3. The van der Waals surface area contributed by atoms with Gasteiger partial charge in [0.2, 0.25) is 0 Å². The van der Waals surface area contributed by atoms with Crippen LogP contribution in [0.5, 0.6) is 0 Å². The van der Waals surface area contributed by atoms with Gasteiger partial charge in [-0.15, -0.1) is 0 Å². The van der Waals surface area contributed by atoms with Crippen molar-refractivity contribution in [2.45, 2.75) is 32.2 Å². The molecule has 1 saturated carbocycles. The smallest absolute Gasteiger partial charge is 0.315 e. The van der Waals surface area contributed by atoms with Crippen molar-refractivity contribution in [2.75, 3.05) is 6.54 Å². The maximum atomic E-state index is 11.7. The van der Waals surface area contributed by atoms with Gasteiger partial charge in [-0.1, -0.05) is 12.8 Å². The third-order valence-corrected chi connectivity index (χ3v) is 3.78. The van der Waals surface area contributed by atoms with Gasteiger partial charge in [-0.25, -0.2) is 4.79 Å². The monoisotopic (exact) mass is 280 g/mol. The molecule has 6 heteroatoms. The lowest BCUT2D eigenvalue weighted by Gasteiger charge is -2.28. The normalized spacial score (nSPS) is 22.2. The average molecular weight is 280 g/mol. The number of carboxylic acid groups (broad SMARTS) is 1. The molecule has 6 nitrogen and oxygen atoms in total. The van der Waals surface area contributed by atoms with E-state index in [9.17, 15) is 9.59 Å². The lowest BCUT2D eigenvalue weighted by Crippen LogP contribution is -2.41. The predicted molar refractivity (Wildman–Crippen MR) is 72.0 cm³/mol. The van der Waals surface area contributed by atoms with Gasteiger partial charge in [0.1, 0.15) is 0 Å². The van der Waals surface area contributed by atoms with Crippen LogP contribution in [-0.2, 0) is 11.3 Å². The molecule has 0 bridgehead atoms. The van der Waals surface area contributed by atoms with Gasteiger partial charge < -0.3 is 20.2 Å². The SMILES string of the molecule is O=C(NCc1ccoc1)NCC1CCCCC1C(=O)O. The molecule has 1 aliphatic carbocycles. The van der Waals surface area contributed by atoms with Crippen molar-refractivity contribution in [3.63, 3.8) is 0 Å². The molecule has 1 aromatic heterocycles. The largest absolute Gasteiger partial charge is 0.481 e. The summed E-state index contributed by atoms with van der Waals surface area (Å²) in [4.78, 5) is 22.8. The summed E-state index contributed by atoms with van der Waals surface area (Å²) in [7, 11) is 0. The van der Waals surface area contributed by atoms with Gasteiger partial charge in [0, 0.05) is 18.7 Å². The zero-order valence-electron chi connectivity index (χ0n) is 11.3. The molecule has 20 heavy (non-hydrogen) atoms. The molecule has 2 atom stereocenters. The first-order chi connectivity index (χ1) is 9.66. The van der Waals surface area contributed by atoms with Gasteiger partial charge in [0.05, 0.1) is 18.4 Å². The average Bonchev–Trinajstić information content (AvgIpc) is 2.96. The van der Waals surface area contributed by atoms with Crippen LogP contribution >= 0.6 is 0 Å². The van der Waals surface area contributed by atoms with Crippen LogP contribution in [0.3, 0.4) is 0 Å². The molecule has 1 aliphatic rings. The maximum Gasteiger partial charge on any atom is 0.315 e. The molecule has 0 spiro atoms. The highest BCUT2D eigenvalue weighted by atomic mass is 16.4. The number of nitrogens with one attached hydrogen (secondary N) is 2. The standard InChI is InChI=1S/C14H20N2O4/c17-13(18)12-4-2-1-3-11(12)8-16-14(19)15-7-10-5-6-20-9-10/h5-6,9,11-12H,1-4,7-8H2,(H,17,18)(H2,15,16,19). The molecule has 1 heterocycles. The summed E-state index contributed by atoms with van der Waals surface area (Å²) >= 11 is 0. The Morgan fingerprint density at radius 2 is 2.10 bits per heavy atom. The number of rotatable bonds is 5. The third-order valence-electron chi connectivity index (χ3n) is 3.78. The highest BCUT2D eigenvalue weighted by Crippen LogP contribution is 2.29. The Hall–Kier alpha value is -1.98. The molecule has 1 aromatic rings. The van der Waals surface area contributed by atoms with E-state index in [1.807, 2.05) is 0 Å². The summed E-state index contributed by atoms with van der Waals surface area (Å²) in [6.07, 6.45) is 6.68. The van der Waals surface area contributed by atoms with Crippen molar-refractivity contribution in [3.8, 4) is 0 Å². The fourth-order valence-corrected chi connectivity index (χ4v) is 2.64. The fourth-order valence-electron chi connectivity index (χ4n) is 2.64. The van der Waals surface area contributed by atoms with E-state index in [-0.39, 0.29) is 17.9 Å². The van der Waals surface area contributed by atoms with Crippen LogP contribution in [0.2, 0.25) is 0 Å². The summed E-state index contributed by atoms with van der Waals surface area (Å²) in [5.74, 6) is -1.06. The summed E-state index contributed by atoms with van der Waals surface area (Å²) in [5.41, 5.74) is 0.890. The number of furan rings is 1. The van der Waals surface area contributed by atoms with Crippen LogP contribution in [0, 0.1) is 11.8 Å². The van der Waals surface area contributed by atoms with Crippen LogP contribution < -0.4 is 10.6 Å². The first-order valence-electron chi connectivity index (χ1n) is 6.92. The van der Waals surface area contributed by atoms with Crippen molar-refractivity contribution in [1.82, 2.24) is 10.6 Å². The maximum absolute atomic E-state index is 11.7.